The molecule has 142 valence electrons. The zero-order valence-electron chi connectivity index (χ0n) is 15.8. The van der Waals surface area contributed by atoms with Crippen LogP contribution in [0.15, 0.2) is 60.8 Å². The number of fused-ring (bicyclic) bond motifs is 1. The van der Waals surface area contributed by atoms with Crippen molar-refractivity contribution < 1.29 is 14.3 Å². The lowest BCUT2D eigenvalue weighted by Crippen LogP contribution is -2.39. The number of hydrogen-bond acceptors (Lipinski definition) is 4. The van der Waals surface area contributed by atoms with E-state index >= 15 is 0 Å². The second-order valence-electron chi connectivity index (χ2n) is 6.85. The van der Waals surface area contributed by atoms with E-state index in [1.807, 2.05) is 37.3 Å². The van der Waals surface area contributed by atoms with Crippen molar-refractivity contribution in [1.29, 1.82) is 0 Å². The summed E-state index contributed by atoms with van der Waals surface area (Å²) in [4.78, 5) is 26.9. The van der Waals surface area contributed by atoms with Gasteiger partial charge in [0, 0.05) is 24.1 Å². The molecule has 0 fully saturated rings. The van der Waals surface area contributed by atoms with Crippen LogP contribution in [0.5, 0.6) is 0 Å². The van der Waals surface area contributed by atoms with Crippen molar-refractivity contribution in [3.8, 4) is 5.69 Å². The zero-order chi connectivity index (χ0) is 19.7. The van der Waals surface area contributed by atoms with Gasteiger partial charge in [-0.3, -0.25) is 4.79 Å². The Morgan fingerprint density at radius 2 is 1.82 bits per heavy atom. The van der Waals surface area contributed by atoms with Crippen LogP contribution < -0.4 is 4.90 Å². The molecule has 0 radical (unpaired) electrons. The van der Waals surface area contributed by atoms with Crippen molar-refractivity contribution in [3.63, 3.8) is 0 Å². The first-order valence-electron chi connectivity index (χ1n) is 9.26. The molecule has 0 saturated carbocycles. The first-order valence-corrected chi connectivity index (χ1v) is 9.26. The molecule has 1 aliphatic heterocycles. The van der Waals surface area contributed by atoms with E-state index in [0.29, 0.717) is 12.1 Å². The van der Waals surface area contributed by atoms with Gasteiger partial charge < -0.3 is 9.64 Å². The minimum atomic E-state index is -0.855. The molecule has 0 unspecified atom stereocenters. The lowest BCUT2D eigenvalue weighted by atomic mass is 10.2. The summed E-state index contributed by atoms with van der Waals surface area (Å²) < 4.78 is 7.21. The number of rotatable bonds is 4. The Labute approximate surface area is 163 Å². The number of hydrogen-bond donors (Lipinski definition) is 0. The normalized spacial score (nSPS) is 13.9. The molecule has 3 aromatic rings. The van der Waals surface area contributed by atoms with Gasteiger partial charge in [-0.15, -0.1) is 0 Å². The maximum Gasteiger partial charge on any atom is 0.338 e. The lowest BCUT2D eigenvalue weighted by molar-refractivity contribution is -0.126. The summed E-state index contributed by atoms with van der Waals surface area (Å²) in [7, 11) is 0. The summed E-state index contributed by atoms with van der Waals surface area (Å²) in [5.74, 6) is -0.723. The Morgan fingerprint density at radius 1 is 1.07 bits per heavy atom. The third kappa shape index (κ3) is 3.29. The summed E-state index contributed by atoms with van der Waals surface area (Å²) >= 11 is 0. The van der Waals surface area contributed by atoms with Crippen molar-refractivity contribution in [2.45, 2.75) is 26.4 Å². The molecule has 6 nitrogen and oxygen atoms in total. The average Bonchev–Trinajstić information content (AvgIpc) is 3.33. The predicted octanol–water partition coefficient (Wildman–Crippen LogP) is 3.32. The molecule has 4 rings (SSSR count). The van der Waals surface area contributed by atoms with E-state index in [0.717, 1.165) is 29.1 Å². The van der Waals surface area contributed by atoms with Crippen LogP contribution in [0.3, 0.4) is 0 Å². The van der Waals surface area contributed by atoms with Crippen molar-refractivity contribution in [2.75, 3.05) is 11.4 Å². The molecular weight excluding hydrogens is 354 g/mol. The molecule has 0 bridgehead atoms. The molecule has 1 aromatic heterocycles. The Hall–Kier alpha value is -3.41. The molecule has 0 saturated heterocycles. The maximum atomic E-state index is 12.8. The van der Waals surface area contributed by atoms with Crippen molar-refractivity contribution in [2.24, 2.45) is 0 Å². The minimum Gasteiger partial charge on any atom is -0.449 e. The second kappa shape index (κ2) is 7.31. The molecule has 0 aliphatic carbocycles. The number of carbonyl (C=O) groups is 2. The fourth-order valence-corrected chi connectivity index (χ4v) is 3.44. The van der Waals surface area contributed by atoms with Crippen LogP contribution >= 0.6 is 0 Å². The summed E-state index contributed by atoms with van der Waals surface area (Å²) in [5, 5.41) is 4.24. The van der Waals surface area contributed by atoms with Crippen molar-refractivity contribution in [1.82, 2.24) is 9.78 Å². The van der Waals surface area contributed by atoms with E-state index < -0.39 is 12.1 Å². The van der Waals surface area contributed by atoms with Crippen LogP contribution in [-0.4, -0.2) is 34.3 Å². The van der Waals surface area contributed by atoms with Crippen molar-refractivity contribution in [3.05, 3.63) is 77.6 Å². The zero-order valence-corrected chi connectivity index (χ0v) is 15.8. The monoisotopic (exact) mass is 375 g/mol. The van der Waals surface area contributed by atoms with E-state index in [2.05, 4.69) is 5.10 Å². The maximum absolute atomic E-state index is 12.8. The highest BCUT2D eigenvalue weighted by Crippen LogP contribution is 2.28. The highest BCUT2D eigenvalue weighted by atomic mass is 16.5. The van der Waals surface area contributed by atoms with Crippen molar-refractivity contribution >= 4 is 17.6 Å². The van der Waals surface area contributed by atoms with Gasteiger partial charge in [0.25, 0.3) is 5.91 Å². The van der Waals surface area contributed by atoms with Crippen LogP contribution in [0, 0.1) is 6.92 Å². The summed E-state index contributed by atoms with van der Waals surface area (Å²) in [6.07, 6.45) is 1.68. The number of benzene rings is 2. The molecule has 0 N–H and O–H groups in total. The number of aromatic nitrogens is 2. The molecule has 2 aromatic carbocycles. The molecule has 0 spiro atoms. The standard InChI is InChI=1S/C22H21N3O3/c1-15-11-13-23-25(15)19-9-7-18(8-10-19)22(27)28-16(2)21(26)24-14-12-17-5-3-4-6-20(17)24/h3-11,13,16H,12,14H2,1-2H3/t16-/m0/s1. The van der Waals surface area contributed by atoms with Crippen LogP contribution in [0.2, 0.25) is 0 Å². The molecule has 28 heavy (non-hydrogen) atoms. The number of aryl methyl sites for hydroxylation is 1. The van der Waals surface area contributed by atoms with Gasteiger partial charge in [-0.1, -0.05) is 18.2 Å². The topological polar surface area (TPSA) is 64.4 Å². The lowest BCUT2D eigenvalue weighted by Gasteiger charge is -2.21. The molecule has 1 amide bonds. The smallest absolute Gasteiger partial charge is 0.338 e. The first-order chi connectivity index (χ1) is 13.5. The van der Waals surface area contributed by atoms with E-state index in [4.69, 9.17) is 4.74 Å². The molecule has 1 aliphatic rings. The van der Waals surface area contributed by atoms with Crippen LogP contribution in [-0.2, 0) is 16.0 Å². The molecule has 1 atom stereocenters. The number of carbonyl (C=O) groups excluding carboxylic acids is 2. The van der Waals surface area contributed by atoms with E-state index in [1.54, 1.807) is 47.0 Å². The Kier molecular flexibility index (Phi) is 4.69. The van der Waals surface area contributed by atoms with Crippen LogP contribution in [0.1, 0.15) is 28.5 Å². The van der Waals surface area contributed by atoms with Gasteiger partial charge in [0.2, 0.25) is 0 Å². The van der Waals surface area contributed by atoms with Crippen LogP contribution in [0.25, 0.3) is 5.69 Å². The van der Waals surface area contributed by atoms with E-state index in [9.17, 15) is 9.59 Å². The molecule has 2 heterocycles. The second-order valence-corrected chi connectivity index (χ2v) is 6.85. The van der Waals surface area contributed by atoms with Gasteiger partial charge in [-0.25, -0.2) is 9.48 Å². The highest BCUT2D eigenvalue weighted by Gasteiger charge is 2.29. The molecule has 6 heteroatoms. The Bertz CT molecular complexity index is 1020. The van der Waals surface area contributed by atoms with Gasteiger partial charge in [-0.2, -0.15) is 5.10 Å². The Morgan fingerprint density at radius 3 is 2.54 bits per heavy atom. The first kappa shape index (κ1) is 18.0. The van der Waals surface area contributed by atoms with Gasteiger partial charge in [0.1, 0.15) is 0 Å². The highest BCUT2D eigenvalue weighted by molar-refractivity contribution is 6.00. The predicted molar refractivity (Wildman–Crippen MR) is 106 cm³/mol. The van der Waals surface area contributed by atoms with Gasteiger partial charge in [0.15, 0.2) is 6.10 Å². The van der Waals surface area contributed by atoms with Gasteiger partial charge >= 0.3 is 5.97 Å². The van der Waals surface area contributed by atoms with Gasteiger partial charge in [0.05, 0.1) is 11.3 Å². The average molecular weight is 375 g/mol. The number of anilines is 1. The number of esters is 1. The number of para-hydroxylation sites is 1. The van der Waals surface area contributed by atoms with E-state index in [-0.39, 0.29) is 5.91 Å². The quantitative estimate of drug-likeness (QED) is 0.656. The summed E-state index contributed by atoms with van der Waals surface area (Å²) in [6.45, 7) is 4.18. The number of nitrogens with zero attached hydrogens (tertiary/aromatic N) is 3. The summed E-state index contributed by atoms with van der Waals surface area (Å²) in [6, 6.07) is 16.7. The fourth-order valence-electron chi connectivity index (χ4n) is 3.44. The third-order valence-corrected chi connectivity index (χ3v) is 4.96. The SMILES string of the molecule is Cc1ccnn1-c1ccc(C(=O)O[C@@H](C)C(=O)N2CCc3ccccc32)cc1. The minimum absolute atomic E-state index is 0.206. The van der Waals surface area contributed by atoms with E-state index in [1.165, 1.54) is 0 Å². The number of amides is 1. The van der Waals surface area contributed by atoms with Gasteiger partial charge in [-0.05, 0) is 62.2 Å². The third-order valence-electron chi connectivity index (χ3n) is 4.96. The van der Waals surface area contributed by atoms with Crippen LogP contribution in [0.4, 0.5) is 5.69 Å². The fraction of sp³-hybridized carbons (Fsp3) is 0.227. The number of ether oxygens (including phenoxy) is 1. The summed E-state index contributed by atoms with van der Waals surface area (Å²) in [5.41, 5.74) is 4.29. The Balaban J connectivity index is 1.43. The largest absolute Gasteiger partial charge is 0.449 e. The molecular formula is C22H21N3O3.